The van der Waals surface area contributed by atoms with Crippen molar-refractivity contribution in [3.8, 4) is 5.75 Å². The maximum atomic E-state index is 6.08. The highest BCUT2D eigenvalue weighted by molar-refractivity contribution is 5.68. The molecule has 0 bridgehead atoms. The highest BCUT2D eigenvalue weighted by atomic mass is 16.5. The number of anilines is 1. The van der Waals surface area contributed by atoms with Gasteiger partial charge >= 0.3 is 0 Å². The van der Waals surface area contributed by atoms with E-state index in [1.807, 2.05) is 6.07 Å². The molecule has 0 aromatic heterocycles. The summed E-state index contributed by atoms with van der Waals surface area (Å²) in [4.78, 5) is 4.76. The van der Waals surface area contributed by atoms with E-state index >= 15 is 0 Å². The molecule has 0 radical (unpaired) electrons. The molecule has 0 saturated carbocycles. The molecular weight excluding hydrogens is 300 g/mol. The van der Waals surface area contributed by atoms with Crippen molar-refractivity contribution in [3.63, 3.8) is 0 Å². The van der Waals surface area contributed by atoms with Gasteiger partial charge in [0, 0.05) is 20.2 Å². The van der Waals surface area contributed by atoms with Crippen LogP contribution in [-0.4, -0.2) is 45.3 Å². The fourth-order valence-electron chi connectivity index (χ4n) is 3.24. The second-order valence-corrected chi connectivity index (χ2v) is 6.46. The number of rotatable bonds is 8. The zero-order valence-electron chi connectivity index (χ0n) is 14.8. The minimum atomic E-state index is 0.800. The Bertz CT molecular complexity index is 609. The Hall–Kier alpha value is -1.78. The van der Waals surface area contributed by atoms with Crippen LogP contribution in [0.2, 0.25) is 0 Å². The van der Waals surface area contributed by atoms with Gasteiger partial charge in [0.2, 0.25) is 0 Å². The van der Waals surface area contributed by atoms with Crippen LogP contribution in [0.5, 0.6) is 5.75 Å². The second kappa shape index (κ2) is 8.36. The van der Waals surface area contributed by atoms with Crippen LogP contribution in [0.4, 0.5) is 5.69 Å². The number of para-hydroxylation sites is 2. The first-order valence-corrected chi connectivity index (χ1v) is 8.92. The Labute approximate surface area is 145 Å². The average molecular weight is 328 g/mol. The molecule has 0 unspecified atom stereocenters. The lowest BCUT2D eigenvalue weighted by molar-refractivity contribution is 0.160. The van der Waals surface area contributed by atoms with Gasteiger partial charge in [-0.25, -0.2) is 0 Å². The minimum Gasteiger partial charge on any atom is -0.453 e. The highest BCUT2D eigenvalue weighted by Crippen LogP contribution is 2.41. The summed E-state index contributed by atoms with van der Waals surface area (Å²) in [6.45, 7) is 3.93. The van der Waals surface area contributed by atoms with E-state index in [9.17, 15) is 0 Å². The van der Waals surface area contributed by atoms with Crippen LogP contribution < -0.4 is 9.64 Å². The molecule has 4 nitrogen and oxygen atoms in total. The van der Waals surface area contributed by atoms with E-state index < -0.39 is 0 Å². The summed E-state index contributed by atoms with van der Waals surface area (Å²) in [7, 11) is 3.92. The first-order valence-electron chi connectivity index (χ1n) is 8.92. The van der Waals surface area contributed by atoms with Gasteiger partial charge in [0.05, 0.1) is 18.0 Å². The molecule has 1 heterocycles. The van der Waals surface area contributed by atoms with E-state index in [0.29, 0.717) is 0 Å². The predicted molar refractivity (Wildman–Crippen MR) is 98.4 cm³/mol. The quantitative estimate of drug-likeness (QED) is 0.678. The molecule has 2 aliphatic rings. The monoisotopic (exact) mass is 328 g/mol. The van der Waals surface area contributed by atoms with Crippen molar-refractivity contribution in [2.75, 3.05) is 45.3 Å². The summed E-state index contributed by atoms with van der Waals surface area (Å²) in [6.07, 6.45) is 9.05. The van der Waals surface area contributed by atoms with E-state index in [-0.39, 0.29) is 0 Å². The van der Waals surface area contributed by atoms with E-state index in [4.69, 9.17) is 9.47 Å². The Balaban J connectivity index is 1.61. The summed E-state index contributed by atoms with van der Waals surface area (Å²) in [5.74, 6) is 2.00. The Morgan fingerprint density at radius 3 is 2.83 bits per heavy atom. The van der Waals surface area contributed by atoms with Crippen molar-refractivity contribution in [2.24, 2.45) is 0 Å². The van der Waals surface area contributed by atoms with Gasteiger partial charge in [-0.3, -0.25) is 0 Å². The number of likely N-dealkylation sites (N-methyl/N-ethyl adjacent to an activating group) is 1. The molecule has 0 spiro atoms. The maximum Gasteiger partial charge on any atom is 0.151 e. The van der Waals surface area contributed by atoms with Crippen molar-refractivity contribution < 1.29 is 9.47 Å². The molecule has 130 valence electrons. The standard InChI is InChI=1S/C20H28N2O2/c1-21(15-16-23-2)13-7-8-14-22-17-9-3-5-11-19(17)24-20-12-6-4-10-18(20)22/h3,5,9-12H,4,6-8,13-16H2,1-2H3. The lowest BCUT2D eigenvalue weighted by Crippen LogP contribution is -2.32. The Morgan fingerprint density at radius 1 is 1.12 bits per heavy atom. The normalized spacial score (nSPS) is 16.2. The van der Waals surface area contributed by atoms with Gasteiger partial charge < -0.3 is 19.3 Å². The number of hydrogen-bond donors (Lipinski definition) is 0. The fraction of sp³-hybridized carbons (Fsp3) is 0.500. The number of ether oxygens (including phenoxy) is 2. The lowest BCUT2D eigenvalue weighted by Gasteiger charge is -2.36. The van der Waals surface area contributed by atoms with Crippen molar-refractivity contribution in [1.82, 2.24) is 4.90 Å². The summed E-state index contributed by atoms with van der Waals surface area (Å²) in [5, 5.41) is 0. The molecule has 1 aromatic carbocycles. The average Bonchev–Trinajstić information content (AvgIpc) is 2.62. The summed E-state index contributed by atoms with van der Waals surface area (Å²) >= 11 is 0. The molecule has 0 fully saturated rings. The van der Waals surface area contributed by atoms with Crippen molar-refractivity contribution in [2.45, 2.75) is 25.7 Å². The van der Waals surface area contributed by atoms with Crippen molar-refractivity contribution in [1.29, 1.82) is 0 Å². The zero-order valence-corrected chi connectivity index (χ0v) is 14.8. The van der Waals surface area contributed by atoms with E-state index in [0.717, 1.165) is 57.0 Å². The van der Waals surface area contributed by atoms with Gasteiger partial charge in [0.25, 0.3) is 0 Å². The minimum absolute atomic E-state index is 0.800. The Morgan fingerprint density at radius 2 is 1.96 bits per heavy atom. The molecular formula is C20H28N2O2. The molecule has 1 aromatic rings. The maximum absolute atomic E-state index is 6.08. The number of nitrogens with zero attached hydrogens (tertiary/aromatic N) is 2. The van der Waals surface area contributed by atoms with Crippen LogP contribution in [-0.2, 0) is 4.74 Å². The molecule has 24 heavy (non-hydrogen) atoms. The molecule has 0 atom stereocenters. The van der Waals surface area contributed by atoms with Gasteiger partial charge in [-0.15, -0.1) is 0 Å². The van der Waals surface area contributed by atoms with Gasteiger partial charge in [0.1, 0.15) is 5.76 Å². The Kier molecular flexibility index (Phi) is 5.94. The largest absolute Gasteiger partial charge is 0.453 e. The SMILES string of the molecule is COCCN(C)CCCCN1C2=CCCC=C2Oc2ccccc21. The van der Waals surface area contributed by atoms with Crippen LogP contribution in [0.25, 0.3) is 0 Å². The molecule has 0 N–H and O–H groups in total. The van der Waals surface area contributed by atoms with Crippen LogP contribution in [0, 0.1) is 0 Å². The third kappa shape index (κ3) is 4.00. The van der Waals surface area contributed by atoms with Gasteiger partial charge in [-0.1, -0.05) is 18.2 Å². The fourth-order valence-corrected chi connectivity index (χ4v) is 3.24. The first-order chi connectivity index (χ1) is 11.8. The number of benzene rings is 1. The summed E-state index contributed by atoms with van der Waals surface area (Å²) < 4.78 is 11.2. The smallest absolute Gasteiger partial charge is 0.151 e. The van der Waals surface area contributed by atoms with Crippen LogP contribution in [0.15, 0.2) is 47.9 Å². The molecule has 0 saturated heterocycles. The second-order valence-electron chi connectivity index (χ2n) is 6.46. The van der Waals surface area contributed by atoms with Crippen molar-refractivity contribution >= 4 is 5.69 Å². The number of fused-ring (bicyclic) bond motifs is 2. The summed E-state index contributed by atoms with van der Waals surface area (Å²) in [6, 6.07) is 8.35. The van der Waals surface area contributed by atoms with E-state index in [1.165, 1.54) is 17.8 Å². The summed E-state index contributed by atoms with van der Waals surface area (Å²) in [5.41, 5.74) is 2.43. The number of methoxy groups -OCH3 is 1. The molecule has 1 aliphatic carbocycles. The van der Waals surface area contributed by atoms with Gasteiger partial charge in [-0.2, -0.15) is 0 Å². The highest BCUT2D eigenvalue weighted by Gasteiger charge is 2.27. The van der Waals surface area contributed by atoms with E-state index in [2.05, 4.69) is 47.2 Å². The molecule has 4 heteroatoms. The van der Waals surface area contributed by atoms with Gasteiger partial charge in [-0.05, 0) is 57.5 Å². The lowest BCUT2D eigenvalue weighted by atomic mass is 10.1. The third-order valence-electron chi connectivity index (χ3n) is 4.60. The molecule has 0 amide bonds. The number of unbranched alkanes of at least 4 members (excludes halogenated alkanes) is 1. The molecule has 1 aliphatic heterocycles. The molecule has 3 rings (SSSR count). The topological polar surface area (TPSA) is 24.9 Å². The first kappa shape index (κ1) is 17.1. The van der Waals surface area contributed by atoms with Crippen molar-refractivity contribution in [3.05, 3.63) is 47.9 Å². The van der Waals surface area contributed by atoms with Gasteiger partial charge in [0.15, 0.2) is 5.75 Å². The number of allylic oxidation sites excluding steroid dienone is 2. The zero-order chi connectivity index (χ0) is 16.8. The van der Waals surface area contributed by atoms with Crippen LogP contribution in [0.1, 0.15) is 25.7 Å². The number of hydrogen-bond acceptors (Lipinski definition) is 4. The van der Waals surface area contributed by atoms with Crippen LogP contribution >= 0.6 is 0 Å². The third-order valence-corrected chi connectivity index (χ3v) is 4.60. The van der Waals surface area contributed by atoms with E-state index in [1.54, 1.807) is 7.11 Å². The predicted octanol–water partition coefficient (Wildman–Crippen LogP) is 3.81. The van der Waals surface area contributed by atoms with Crippen LogP contribution in [0.3, 0.4) is 0 Å².